The largest absolute Gasteiger partial charge is 0.481 e. The van der Waals surface area contributed by atoms with Gasteiger partial charge in [-0.25, -0.2) is 0 Å². The molecule has 3 heteroatoms. The van der Waals surface area contributed by atoms with Crippen molar-refractivity contribution in [1.82, 2.24) is 0 Å². The van der Waals surface area contributed by atoms with Gasteiger partial charge in [0, 0.05) is 12.0 Å². The first kappa shape index (κ1) is 9.52. The molecule has 0 spiro atoms. The summed E-state index contributed by atoms with van der Waals surface area (Å²) in [6, 6.07) is 0. The van der Waals surface area contributed by atoms with E-state index in [1.165, 1.54) is 0 Å². The molecule has 70 valence electrons. The maximum absolute atomic E-state index is 10.6. The highest BCUT2D eigenvalue weighted by Gasteiger charge is 2.39. The van der Waals surface area contributed by atoms with Crippen molar-refractivity contribution in [2.24, 2.45) is 11.3 Å². The maximum Gasteiger partial charge on any atom is 0.304 e. The number of carboxylic acid groups (broad SMARTS) is 1. The molecule has 1 aliphatic rings. The first-order valence-corrected chi connectivity index (χ1v) is 4.36. The smallest absolute Gasteiger partial charge is 0.304 e. The summed E-state index contributed by atoms with van der Waals surface area (Å²) in [5.74, 6) is -0.328. The van der Waals surface area contributed by atoms with Crippen molar-refractivity contribution in [3.05, 3.63) is 0 Å². The van der Waals surface area contributed by atoms with Crippen molar-refractivity contribution >= 4 is 5.97 Å². The molecule has 0 amide bonds. The fourth-order valence-corrected chi connectivity index (χ4v) is 1.72. The lowest BCUT2D eigenvalue weighted by Crippen LogP contribution is -2.30. The minimum Gasteiger partial charge on any atom is -0.481 e. The van der Waals surface area contributed by atoms with Crippen LogP contribution in [0.5, 0.6) is 0 Å². The van der Waals surface area contributed by atoms with Gasteiger partial charge in [0.15, 0.2) is 0 Å². The monoisotopic (exact) mass is 172 g/mol. The Morgan fingerprint density at radius 1 is 1.67 bits per heavy atom. The van der Waals surface area contributed by atoms with Crippen molar-refractivity contribution in [3.63, 3.8) is 0 Å². The Kier molecular flexibility index (Phi) is 2.73. The van der Waals surface area contributed by atoms with E-state index in [2.05, 4.69) is 13.8 Å². The van der Waals surface area contributed by atoms with Crippen molar-refractivity contribution < 1.29 is 14.6 Å². The summed E-state index contributed by atoms with van der Waals surface area (Å²) < 4.78 is 5.26. The molecule has 1 heterocycles. The second-order valence-electron chi connectivity index (χ2n) is 3.89. The SMILES string of the molecule is CC(C)C1(CC(=O)O)CCOC1. The van der Waals surface area contributed by atoms with Crippen LogP contribution in [0.25, 0.3) is 0 Å². The summed E-state index contributed by atoms with van der Waals surface area (Å²) in [5, 5.41) is 8.73. The van der Waals surface area contributed by atoms with Gasteiger partial charge in [0.1, 0.15) is 0 Å². The van der Waals surface area contributed by atoms with Crippen LogP contribution in [0.1, 0.15) is 26.7 Å². The number of rotatable bonds is 3. The zero-order valence-corrected chi connectivity index (χ0v) is 7.67. The molecule has 0 aromatic carbocycles. The molecule has 12 heavy (non-hydrogen) atoms. The average Bonchev–Trinajstić information content (AvgIpc) is 2.35. The summed E-state index contributed by atoms with van der Waals surface area (Å²) in [4.78, 5) is 10.6. The van der Waals surface area contributed by atoms with E-state index in [0.717, 1.165) is 6.42 Å². The molecule has 0 aliphatic carbocycles. The minimum absolute atomic E-state index is 0.105. The number of carbonyl (C=O) groups is 1. The molecule has 1 atom stereocenters. The van der Waals surface area contributed by atoms with E-state index in [1.807, 2.05) is 0 Å². The van der Waals surface area contributed by atoms with Crippen LogP contribution in [-0.2, 0) is 9.53 Å². The van der Waals surface area contributed by atoms with Gasteiger partial charge in [0.05, 0.1) is 13.0 Å². The molecule has 0 bridgehead atoms. The molecule has 1 N–H and O–H groups in total. The summed E-state index contributed by atoms with van der Waals surface area (Å²) in [7, 11) is 0. The lowest BCUT2D eigenvalue weighted by molar-refractivity contribution is -0.140. The number of hydrogen-bond acceptors (Lipinski definition) is 2. The summed E-state index contributed by atoms with van der Waals surface area (Å²) in [5.41, 5.74) is -0.105. The quantitative estimate of drug-likeness (QED) is 0.702. The summed E-state index contributed by atoms with van der Waals surface area (Å²) >= 11 is 0. The van der Waals surface area contributed by atoms with E-state index in [-0.39, 0.29) is 11.8 Å². The minimum atomic E-state index is -0.714. The maximum atomic E-state index is 10.6. The van der Waals surface area contributed by atoms with Gasteiger partial charge in [-0.1, -0.05) is 13.8 Å². The van der Waals surface area contributed by atoms with Gasteiger partial charge in [-0.05, 0) is 12.3 Å². The van der Waals surface area contributed by atoms with Crippen LogP contribution in [0, 0.1) is 11.3 Å². The molecule has 1 rings (SSSR count). The lowest BCUT2D eigenvalue weighted by atomic mass is 9.74. The Bertz CT molecular complexity index is 169. The van der Waals surface area contributed by atoms with Crippen LogP contribution in [0.3, 0.4) is 0 Å². The molecule has 1 fully saturated rings. The number of hydrogen-bond donors (Lipinski definition) is 1. The first-order valence-electron chi connectivity index (χ1n) is 4.36. The highest BCUT2D eigenvalue weighted by atomic mass is 16.5. The third-order valence-electron chi connectivity index (χ3n) is 2.86. The topological polar surface area (TPSA) is 46.5 Å². The zero-order chi connectivity index (χ0) is 9.19. The Balaban J connectivity index is 2.65. The van der Waals surface area contributed by atoms with Crippen LogP contribution in [-0.4, -0.2) is 24.3 Å². The van der Waals surface area contributed by atoms with Crippen LogP contribution in [0.15, 0.2) is 0 Å². The molecule has 0 aromatic rings. The molecule has 0 aromatic heterocycles. The Hall–Kier alpha value is -0.570. The fourth-order valence-electron chi connectivity index (χ4n) is 1.72. The van der Waals surface area contributed by atoms with Crippen LogP contribution < -0.4 is 0 Å². The van der Waals surface area contributed by atoms with E-state index in [9.17, 15) is 4.79 Å². The molecule has 1 saturated heterocycles. The van der Waals surface area contributed by atoms with E-state index in [4.69, 9.17) is 9.84 Å². The molecule has 3 nitrogen and oxygen atoms in total. The summed E-state index contributed by atoms with van der Waals surface area (Å²) in [6.07, 6.45) is 1.13. The highest BCUT2D eigenvalue weighted by Crippen LogP contribution is 2.39. The normalized spacial score (nSPS) is 29.6. The van der Waals surface area contributed by atoms with Gasteiger partial charge in [-0.3, -0.25) is 4.79 Å². The van der Waals surface area contributed by atoms with Crippen molar-refractivity contribution in [2.45, 2.75) is 26.7 Å². The van der Waals surface area contributed by atoms with E-state index < -0.39 is 5.97 Å². The second kappa shape index (κ2) is 3.44. The molecule has 1 aliphatic heterocycles. The molecular formula is C9H16O3. The van der Waals surface area contributed by atoms with Gasteiger partial charge in [-0.15, -0.1) is 0 Å². The van der Waals surface area contributed by atoms with Crippen molar-refractivity contribution in [1.29, 1.82) is 0 Å². The average molecular weight is 172 g/mol. The summed E-state index contributed by atoms with van der Waals surface area (Å²) in [6.45, 7) is 5.46. The molecule has 0 saturated carbocycles. The molecular weight excluding hydrogens is 156 g/mol. The molecule has 0 radical (unpaired) electrons. The standard InChI is InChI=1S/C9H16O3/c1-7(2)9(5-8(10)11)3-4-12-6-9/h7H,3-6H2,1-2H3,(H,10,11). The van der Waals surface area contributed by atoms with Gasteiger partial charge >= 0.3 is 5.97 Å². The third-order valence-corrected chi connectivity index (χ3v) is 2.86. The Labute approximate surface area is 72.7 Å². The van der Waals surface area contributed by atoms with Crippen LogP contribution in [0.2, 0.25) is 0 Å². The second-order valence-corrected chi connectivity index (χ2v) is 3.89. The fraction of sp³-hybridized carbons (Fsp3) is 0.889. The van der Waals surface area contributed by atoms with Crippen LogP contribution in [0.4, 0.5) is 0 Å². The highest BCUT2D eigenvalue weighted by molar-refractivity contribution is 5.67. The predicted molar refractivity (Wildman–Crippen MR) is 45.0 cm³/mol. The van der Waals surface area contributed by atoms with Gasteiger partial charge in [-0.2, -0.15) is 0 Å². The Morgan fingerprint density at radius 3 is 2.67 bits per heavy atom. The van der Waals surface area contributed by atoms with Crippen molar-refractivity contribution in [2.75, 3.05) is 13.2 Å². The lowest BCUT2D eigenvalue weighted by Gasteiger charge is -2.29. The number of aliphatic carboxylic acids is 1. The number of ether oxygens (including phenoxy) is 1. The van der Waals surface area contributed by atoms with E-state index in [0.29, 0.717) is 19.1 Å². The van der Waals surface area contributed by atoms with Gasteiger partial charge in [0.2, 0.25) is 0 Å². The van der Waals surface area contributed by atoms with Crippen LogP contribution >= 0.6 is 0 Å². The third kappa shape index (κ3) is 1.78. The predicted octanol–water partition coefficient (Wildman–Crippen LogP) is 1.52. The van der Waals surface area contributed by atoms with E-state index >= 15 is 0 Å². The van der Waals surface area contributed by atoms with Gasteiger partial charge < -0.3 is 9.84 Å². The van der Waals surface area contributed by atoms with E-state index in [1.54, 1.807) is 0 Å². The van der Waals surface area contributed by atoms with Gasteiger partial charge in [0.25, 0.3) is 0 Å². The molecule has 1 unspecified atom stereocenters. The Morgan fingerprint density at radius 2 is 2.33 bits per heavy atom. The first-order chi connectivity index (χ1) is 5.57. The van der Waals surface area contributed by atoms with Crippen molar-refractivity contribution in [3.8, 4) is 0 Å². The number of carboxylic acids is 1. The zero-order valence-electron chi connectivity index (χ0n) is 7.67.